The fourth-order valence-electron chi connectivity index (χ4n) is 7.09. The minimum absolute atomic E-state index is 0.643. The van der Waals surface area contributed by atoms with E-state index in [-0.39, 0.29) is 0 Å². The summed E-state index contributed by atoms with van der Waals surface area (Å²) in [5, 5.41) is 9.36. The lowest BCUT2D eigenvalue weighted by molar-refractivity contribution is 0.670. The highest BCUT2D eigenvalue weighted by atomic mass is 16.3. The summed E-state index contributed by atoms with van der Waals surface area (Å²) in [6.45, 7) is 0. The van der Waals surface area contributed by atoms with Crippen molar-refractivity contribution in [2.45, 2.75) is 0 Å². The monoisotopic (exact) mass is 625 g/mol. The van der Waals surface area contributed by atoms with Crippen LogP contribution in [0.25, 0.3) is 99.5 Å². The maximum absolute atomic E-state index is 6.72. The van der Waals surface area contributed by atoms with Crippen LogP contribution in [0, 0.1) is 0 Å². The van der Waals surface area contributed by atoms with Gasteiger partial charge in [0.05, 0.1) is 0 Å². The Morgan fingerprint density at radius 1 is 0.347 bits per heavy atom. The second-order valence-corrected chi connectivity index (χ2v) is 12.4. The SMILES string of the molecule is c1ccc(-c2nc(-c3ccccc3)nc(-c3ccc4cc(-c5cc6ccccc6c6c5oc5ccc7ccccc7c56)ccc4c3)n2)cc1. The van der Waals surface area contributed by atoms with Gasteiger partial charge >= 0.3 is 0 Å². The van der Waals surface area contributed by atoms with Gasteiger partial charge in [0.1, 0.15) is 11.2 Å². The number of furan rings is 1. The molecule has 0 bridgehead atoms. The number of nitrogens with zero attached hydrogens (tertiary/aromatic N) is 3. The molecule has 4 heteroatoms. The normalized spacial score (nSPS) is 11.7. The summed E-state index contributed by atoms with van der Waals surface area (Å²) in [7, 11) is 0. The second-order valence-electron chi connectivity index (χ2n) is 12.4. The summed E-state index contributed by atoms with van der Waals surface area (Å²) < 4.78 is 6.72. The molecular weight excluding hydrogens is 599 g/mol. The average molecular weight is 626 g/mol. The highest BCUT2D eigenvalue weighted by Gasteiger charge is 2.19. The van der Waals surface area contributed by atoms with E-state index in [1.54, 1.807) is 0 Å². The van der Waals surface area contributed by atoms with Crippen molar-refractivity contribution in [2.24, 2.45) is 0 Å². The van der Waals surface area contributed by atoms with E-state index in [0.717, 1.165) is 55.1 Å². The molecule has 0 saturated heterocycles. The zero-order valence-electron chi connectivity index (χ0n) is 26.3. The minimum Gasteiger partial charge on any atom is -0.455 e. The number of benzene rings is 8. The molecule has 0 aliphatic rings. The molecule has 10 rings (SSSR count). The van der Waals surface area contributed by atoms with Crippen molar-refractivity contribution in [2.75, 3.05) is 0 Å². The number of hydrogen-bond donors (Lipinski definition) is 0. The van der Waals surface area contributed by atoms with Gasteiger partial charge in [-0.25, -0.2) is 15.0 Å². The van der Waals surface area contributed by atoms with Gasteiger partial charge in [0.25, 0.3) is 0 Å². The third-order valence-corrected chi connectivity index (χ3v) is 9.46. The molecule has 0 aliphatic carbocycles. The third-order valence-electron chi connectivity index (χ3n) is 9.46. The molecule has 2 aromatic heterocycles. The van der Waals surface area contributed by atoms with Crippen LogP contribution in [0.5, 0.6) is 0 Å². The molecule has 49 heavy (non-hydrogen) atoms. The molecular formula is C45H27N3O. The third kappa shape index (κ3) is 4.57. The molecule has 8 aromatic carbocycles. The van der Waals surface area contributed by atoms with Crippen LogP contribution < -0.4 is 0 Å². The van der Waals surface area contributed by atoms with Crippen molar-refractivity contribution in [1.82, 2.24) is 15.0 Å². The first-order chi connectivity index (χ1) is 24.3. The summed E-state index contributed by atoms with van der Waals surface area (Å²) in [5.74, 6) is 1.95. The van der Waals surface area contributed by atoms with E-state index in [9.17, 15) is 0 Å². The zero-order valence-corrected chi connectivity index (χ0v) is 26.3. The highest BCUT2D eigenvalue weighted by Crippen LogP contribution is 2.44. The first-order valence-corrected chi connectivity index (χ1v) is 16.4. The molecule has 0 aliphatic heterocycles. The Labute approximate surface area is 282 Å². The van der Waals surface area contributed by atoms with Crippen LogP contribution in [0.2, 0.25) is 0 Å². The Hall–Kier alpha value is -6.65. The van der Waals surface area contributed by atoms with E-state index < -0.39 is 0 Å². The predicted octanol–water partition coefficient (Wildman–Crippen LogP) is 11.9. The van der Waals surface area contributed by atoms with Crippen LogP contribution in [0.3, 0.4) is 0 Å². The molecule has 0 fully saturated rings. The Bertz CT molecular complexity index is 2820. The molecule has 0 atom stereocenters. The van der Waals surface area contributed by atoms with Gasteiger partial charge < -0.3 is 4.42 Å². The van der Waals surface area contributed by atoms with Crippen LogP contribution in [-0.4, -0.2) is 15.0 Å². The first kappa shape index (κ1) is 27.5. The van der Waals surface area contributed by atoms with Gasteiger partial charge in [-0.05, 0) is 62.1 Å². The Morgan fingerprint density at radius 3 is 1.53 bits per heavy atom. The fraction of sp³-hybridized carbons (Fsp3) is 0. The van der Waals surface area contributed by atoms with Gasteiger partial charge in [-0.15, -0.1) is 0 Å². The lowest BCUT2D eigenvalue weighted by Crippen LogP contribution is -2.00. The molecule has 0 amide bonds. The van der Waals surface area contributed by atoms with E-state index in [4.69, 9.17) is 19.4 Å². The van der Waals surface area contributed by atoms with Crippen LogP contribution in [-0.2, 0) is 0 Å². The Morgan fingerprint density at radius 2 is 0.857 bits per heavy atom. The number of aromatic nitrogens is 3. The molecule has 10 aromatic rings. The van der Waals surface area contributed by atoms with Gasteiger partial charge in [-0.1, -0.05) is 140 Å². The van der Waals surface area contributed by atoms with Crippen LogP contribution in [0.1, 0.15) is 0 Å². The maximum atomic E-state index is 6.72. The highest BCUT2D eigenvalue weighted by molar-refractivity contribution is 6.28. The summed E-state index contributed by atoms with van der Waals surface area (Å²) in [6, 6.07) is 56.9. The second kappa shape index (κ2) is 11.0. The van der Waals surface area contributed by atoms with Gasteiger partial charge in [0.15, 0.2) is 17.5 Å². The van der Waals surface area contributed by atoms with Crippen molar-refractivity contribution < 1.29 is 4.42 Å². The number of rotatable bonds is 4. The molecule has 0 N–H and O–H groups in total. The standard InChI is InChI=1S/C45H27N3O/c1-3-12-29(13-4-1)43-46-44(30-14-5-2-6-15-30)48-45(47-43)35-22-20-31-25-34(21-19-32(31)26-35)38-27-33-16-8-10-18-37(33)41-40-36-17-9-7-11-28(36)23-24-39(40)49-42(38)41/h1-27H. The molecule has 228 valence electrons. The van der Waals surface area contributed by atoms with E-state index in [1.165, 1.54) is 26.9 Å². The van der Waals surface area contributed by atoms with E-state index >= 15 is 0 Å². The van der Waals surface area contributed by atoms with Crippen LogP contribution in [0.15, 0.2) is 168 Å². The van der Waals surface area contributed by atoms with E-state index in [0.29, 0.717) is 17.5 Å². The van der Waals surface area contributed by atoms with Crippen LogP contribution >= 0.6 is 0 Å². The van der Waals surface area contributed by atoms with Crippen molar-refractivity contribution >= 4 is 54.3 Å². The fourth-order valence-corrected chi connectivity index (χ4v) is 7.09. The first-order valence-electron chi connectivity index (χ1n) is 16.4. The molecule has 0 unspecified atom stereocenters. The zero-order chi connectivity index (χ0) is 32.3. The number of fused-ring (bicyclic) bond motifs is 8. The van der Waals surface area contributed by atoms with Gasteiger partial charge in [-0.3, -0.25) is 0 Å². The summed E-state index contributed by atoms with van der Waals surface area (Å²) in [5.41, 5.74) is 6.85. The van der Waals surface area contributed by atoms with Crippen molar-refractivity contribution in [1.29, 1.82) is 0 Å². The van der Waals surface area contributed by atoms with E-state index in [1.807, 2.05) is 60.7 Å². The van der Waals surface area contributed by atoms with Crippen molar-refractivity contribution in [3.63, 3.8) is 0 Å². The Kier molecular flexibility index (Phi) is 6.15. The lowest BCUT2D eigenvalue weighted by Gasteiger charge is -2.10. The van der Waals surface area contributed by atoms with Gasteiger partial charge in [-0.2, -0.15) is 0 Å². The molecule has 0 spiro atoms. The number of hydrogen-bond acceptors (Lipinski definition) is 4. The smallest absolute Gasteiger partial charge is 0.164 e. The molecule has 4 nitrogen and oxygen atoms in total. The summed E-state index contributed by atoms with van der Waals surface area (Å²) >= 11 is 0. The topological polar surface area (TPSA) is 51.8 Å². The van der Waals surface area contributed by atoms with Crippen LogP contribution in [0.4, 0.5) is 0 Å². The van der Waals surface area contributed by atoms with E-state index in [2.05, 4.69) is 103 Å². The summed E-state index contributed by atoms with van der Waals surface area (Å²) in [4.78, 5) is 14.7. The predicted molar refractivity (Wildman–Crippen MR) is 201 cm³/mol. The maximum Gasteiger partial charge on any atom is 0.164 e. The molecule has 0 saturated carbocycles. The lowest BCUT2D eigenvalue weighted by atomic mass is 9.93. The minimum atomic E-state index is 0.643. The van der Waals surface area contributed by atoms with Crippen molar-refractivity contribution in [3.05, 3.63) is 164 Å². The van der Waals surface area contributed by atoms with Gasteiger partial charge in [0, 0.05) is 33.0 Å². The summed E-state index contributed by atoms with van der Waals surface area (Å²) in [6.07, 6.45) is 0. The molecule has 0 radical (unpaired) electrons. The van der Waals surface area contributed by atoms with Crippen molar-refractivity contribution in [3.8, 4) is 45.3 Å². The molecule has 2 heterocycles. The largest absolute Gasteiger partial charge is 0.455 e. The van der Waals surface area contributed by atoms with Gasteiger partial charge in [0.2, 0.25) is 0 Å². The Balaban J connectivity index is 1.13. The quantitative estimate of drug-likeness (QED) is 0.195. The average Bonchev–Trinajstić information content (AvgIpc) is 3.58.